The predicted octanol–water partition coefficient (Wildman–Crippen LogP) is 2.85. The molecule has 0 bridgehead atoms. The maximum atomic E-state index is 14.3. The lowest BCUT2D eigenvalue weighted by Crippen LogP contribution is -2.01. The first-order valence-corrected chi connectivity index (χ1v) is 7.05. The minimum Gasteiger partial charge on any atom is -0.357 e. The first-order chi connectivity index (χ1) is 10.7. The van der Waals surface area contributed by atoms with Gasteiger partial charge in [-0.1, -0.05) is 6.08 Å². The molecule has 0 radical (unpaired) electrons. The van der Waals surface area contributed by atoms with Crippen molar-refractivity contribution in [3.8, 4) is 0 Å². The molecule has 1 N–H and O–H groups in total. The molecule has 4 rings (SSSR count). The Morgan fingerprint density at radius 3 is 3.00 bits per heavy atom. The zero-order valence-corrected chi connectivity index (χ0v) is 12.3. The fraction of sp³-hybridized carbons (Fsp3) is 0.188. The molecule has 1 aliphatic carbocycles. The van der Waals surface area contributed by atoms with Crippen LogP contribution in [0.4, 0.5) is 10.3 Å². The van der Waals surface area contributed by atoms with Gasteiger partial charge in [-0.25, -0.2) is 19.3 Å². The van der Waals surface area contributed by atoms with E-state index in [2.05, 4.69) is 26.3 Å². The summed E-state index contributed by atoms with van der Waals surface area (Å²) in [6, 6.07) is 1.52. The molecular formula is C16H16FN5. The molecule has 0 unspecified atom stereocenters. The Balaban J connectivity index is 0.00000156. The lowest BCUT2D eigenvalue weighted by Gasteiger charge is -2.08. The molecule has 0 saturated carbocycles. The Morgan fingerprint density at radius 1 is 1.32 bits per heavy atom. The minimum absolute atomic E-state index is 0. The van der Waals surface area contributed by atoms with E-state index in [0.717, 1.165) is 34.5 Å². The molecule has 0 amide bonds. The van der Waals surface area contributed by atoms with Crippen LogP contribution in [0.25, 0.3) is 11.2 Å². The van der Waals surface area contributed by atoms with E-state index in [1.165, 1.54) is 6.07 Å². The van der Waals surface area contributed by atoms with Gasteiger partial charge in [0.2, 0.25) is 5.95 Å². The molecule has 1 aliphatic rings. The predicted molar refractivity (Wildman–Crippen MR) is 84.4 cm³/mol. The molecule has 112 valence electrons. The summed E-state index contributed by atoms with van der Waals surface area (Å²) in [6.07, 6.45) is 8.28. The van der Waals surface area contributed by atoms with E-state index in [9.17, 15) is 4.39 Å². The third-order valence-corrected chi connectivity index (χ3v) is 3.82. The van der Waals surface area contributed by atoms with Gasteiger partial charge in [0.15, 0.2) is 11.5 Å². The number of aromatic nitrogens is 4. The smallest absolute Gasteiger partial charge is 0.222 e. The number of halogens is 1. The summed E-state index contributed by atoms with van der Waals surface area (Å²) >= 11 is 0. The van der Waals surface area contributed by atoms with Crippen molar-refractivity contribution >= 4 is 17.2 Å². The number of anilines is 1. The van der Waals surface area contributed by atoms with E-state index in [1.54, 1.807) is 17.6 Å². The molecule has 3 aromatic rings. The van der Waals surface area contributed by atoms with Crippen molar-refractivity contribution in [1.29, 1.82) is 0 Å². The molecule has 3 heterocycles. The molecule has 3 aromatic heterocycles. The molecule has 0 fully saturated rings. The number of aryl methyl sites for hydroxylation is 1. The average molecular weight is 297 g/mol. The molecule has 0 aliphatic heterocycles. The highest BCUT2D eigenvalue weighted by Gasteiger charge is 2.19. The molecule has 6 heteroatoms. The fourth-order valence-corrected chi connectivity index (χ4v) is 2.83. The van der Waals surface area contributed by atoms with E-state index in [1.807, 2.05) is 19.3 Å². The zero-order chi connectivity index (χ0) is 15.3. The van der Waals surface area contributed by atoms with Crippen molar-refractivity contribution < 1.29 is 5.82 Å². The topological polar surface area (TPSA) is 55.1 Å². The quantitative estimate of drug-likeness (QED) is 0.790. The Morgan fingerprint density at radius 2 is 2.18 bits per heavy atom. The summed E-state index contributed by atoms with van der Waals surface area (Å²) in [5.41, 5.74) is 4.82. The largest absolute Gasteiger partial charge is 0.357 e. The molecule has 5 nitrogen and oxygen atoms in total. The Bertz CT molecular complexity index is 932. The number of rotatable bonds is 2. The number of allylic oxidation sites excluding steroid dienone is 1. The summed E-state index contributed by atoms with van der Waals surface area (Å²) in [5, 5.41) is 2.93. The van der Waals surface area contributed by atoms with E-state index in [-0.39, 0.29) is 7.24 Å². The van der Waals surface area contributed by atoms with Gasteiger partial charge < -0.3 is 9.72 Å². The Hall–Kier alpha value is -2.76. The van der Waals surface area contributed by atoms with Gasteiger partial charge in [0.05, 0.1) is 11.4 Å². The fourth-order valence-electron chi connectivity index (χ4n) is 2.83. The monoisotopic (exact) mass is 297 g/mol. The number of fused-ring (bicyclic) bond motifs is 2. The van der Waals surface area contributed by atoms with Crippen LogP contribution >= 0.6 is 0 Å². The Labute approximate surface area is 128 Å². The molecule has 22 heavy (non-hydrogen) atoms. The second-order valence-electron chi connectivity index (χ2n) is 5.32. The van der Waals surface area contributed by atoms with Crippen LogP contribution in [0.1, 0.15) is 23.9 Å². The summed E-state index contributed by atoms with van der Waals surface area (Å²) in [4.78, 5) is 12.9. The second kappa shape index (κ2) is 4.62. The number of hydrogen-bond donors (Lipinski definition) is 1. The van der Waals surface area contributed by atoms with E-state index in [4.69, 9.17) is 0 Å². The van der Waals surface area contributed by atoms with Crippen LogP contribution in [0.2, 0.25) is 0 Å². The first-order valence-electron chi connectivity index (χ1n) is 7.05. The van der Waals surface area contributed by atoms with Crippen molar-refractivity contribution in [3.63, 3.8) is 0 Å². The molecular weight excluding hydrogens is 281 g/mol. The number of nitrogens with one attached hydrogen (secondary N) is 1. The van der Waals surface area contributed by atoms with Crippen molar-refractivity contribution in [2.45, 2.75) is 13.3 Å². The third-order valence-electron chi connectivity index (χ3n) is 3.82. The van der Waals surface area contributed by atoms with E-state index in [0.29, 0.717) is 11.6 Å². The maximum absolute atomic E-state index is 14.3. The number of hydrogen-bond acceptors (Lipinski definition) is 4. The van der Waals surface area contributed by atoms with Gasteiger partial charge in [0.1, 0.15) is 0 Å². The van der Waals surface area contributed by atoms with Crippen LogP contribution in [-0.4, -0.2) is 26.4 Å². The first kappa shape index (κ1) is 12.9. The molecule has 0 aromatic carbocycles. The van der Waals surface area contributed by atoms with Crippen LogP contribution in [-0.2, 0) is 6.42 Å². The van der Waals surface area contributed by atoms with Gasteiger partial charge >= 0.3 is 0 Å². The van der Waals surface area contributed by atoms with Crippen molar-refractivity contribution in [3.05, 3.63) is 59.1 Å². The number of imidazole rings is 1. The lowest BCUT2D eigenvalue weighted by atomic mass is 10.0. The van der Waals surface area contributed by atoms with Crippen molar-refractivity contribution in [1.82, 2.24) is 19.4 Å². The van der Waals surface area contributed by atoms with E-state index >= 15 is 0 Å². The van der Waals surface area contributed by atoms with Gasteiger partial charge in [-0.15, -0.1) is 0 Å². The minimum atomic E-state index is -0.326. The van der Waals surface area contributed by atoms with Gasteiger partial charge in [-0.3, -0.25) is 0 Å². The third kappa shape index (κ3) is 1.88. The molecule has 0 saturated heterocycles. The maximum Gasteiger partial charge on any atom is 0.222 e. The van der Waals surface area contributed by atoms with Crippen molar-refractivity contribution in [2.24, 2.45) is 0 Å². The normalized spacial score (nSPS) is 13.3. The van der Waals surface area contributed by atoms with Gasteiger partial charge in [0, 0.05) is 44.6 Å². The number of nitrogens with zero attached hydrogens (tertiary/aromatic N) is 4. The lowest BCUT2D eigenvalue weighted by molar-refractivity contribution is 0.629. The van der Waals surface area contributed by atoms with Crippen LogP contribution < -0.4 is 5.32 Å². The SMILES string of the molecule is CNc1ncc2c(n1)CC=C2c1cc(F)c2nc(C)cn2c1.[HH]. The average Bonchev–Trinajstić information content (AvgIpc) is 3.09. The highest BCUT2D eigenvalue weighted by atomic mass is 19.1. The summed E-state index contributed by atoms with van der Waals surface area (Å²) in [5.74, 6) is 0.271. The highest BCUT2D eigenvalue weighted by molar-refractivity contribution is 5.84. The van der Waals surface area contributed by atoms with Gasteiger partial charge in [-0.05, 0) is 18.6 Å². The van der Waals surface area contributed by atoms with Crippen LogP contribution in [0.3, 0.4) is 0 Å². The van der Waals surface area contributed by atoms with Crippen LogP contribution in [0.5, 0.6) is 0 Å². The molecule has 0 spiro atoms. The Kier molecular flexibility index (Phi) is 2.72. The zero-order valence-electron chi connectivity index (χ0n) is 12.3. The summed E-state index contributed by atoms with van der Waals surface area (Å²) < 4.78 is 16.0. The number of pyridine rings is 1. The standard InChI is InChI=1S/C16H14FN5.H2/c1-9-7-22-8-10(5-13(17)15(22)20-9)11-3-4-14-12(11)6-19-16(18-2)21-14;/h3,5-8H,4H2,1-2H3,(H,18,19,21);1H. The van der Waals surface area contributed by atoms with Gasteiger partial charge in [0.25, 0.3) is 0 Å². The second-order valence-corrected chi connectivity index (χ2v) is 5.32. The molecule has 0 atom stereocenters. The summed E-state index contributed by atoms with van der Waals surface area (Å²) in [7, 11) is 1.79. The van der Waals surface area contributed by atoms with Crippen LogP contribution in [0.15, 0.2) is 30.7 Å². The van der Waals surface area contributed by atoms with Crippen LogP contribution in [0, 0.1) is 12.7 Å². The summed E-state index contributed by atoms with van der Waals surface area (Å²) in [6.45, 7) is 1.85. The van der Waals surface area contributed by atoms with Crippen molar-refractivity contribution in [2.75, 3.05) is 12.4 Å². The van der Waals surface area contributed by atoms with Gasteiger partial charge in [-0.2, -0.15) is 0 Å². The van der Waals surface area contributed by atoms with E-state index < -0.39 is 0 Å². The highest BCUT2D eigenvalue weighted by Crippen LogP contribution is 2.32.